The van der Waals surface area contributed by atoms with Crippen LogP contribution in [0.15, 0.2) is 53.2 Å². The highest BCUT2D eigenvalue weighted by Gasteiger charge is 2.71. The van der Waals surface area contributed by atoms with Gasteiger partial charge in [0.05, 0.1) is 22.7 Å². The maximum Gasteiger partial charge on any atom is 0.425 e. The fourth-order valence-electron chi connectivity index (χ4n) is 4.29. The van der Waals surface area contributed by atoms with Crippen LogP contribution >= 0.6 is 11.3 Å². The Labute approximate surface area is 186 Å². The van der Waals surface area contributed by atoms with Crippen molar-refractivity contribution in [3.63, 3.8) is 0 Å². The highest BCUT2D eigenvalue weighted by molar-refractivity contribution is 7.12. The number of alkyl halides is 3. The molecule has 32 heavy (non-hydrogen) atoms. The molecule has 0 aromatic carbocycles. The molecule has 2 aromatic heterocycles. The smallest absolute Gasteiger partial charge is 0.326 e. The van der Waals surface area contributed by atoms with E-state index in [9.17, 15) is 27.6 Å². The molecular weight excluding hydrogens is 443 g/mol. The predicted octanol–water partition coefficient (Wildman–Crippen LogP) is 3.86. The summed E-state index contributed by atoms with van der Waals surface area (Å²) in [5.41, 5.74) is -4.41. The van der Waals surface area contributed by atoms with Crippen molar-refractivity contribution in [1.29, 1.82) is 0 Å². The molecule has 10 heteroatoms. The number of nitrogens with zero attached hydrogens (tertiary/aromatic N) is 2. The highest BCUT2D eigenvalue weighted by atomic mass is 32.1. The van der Waals surface area contributed by atoms with Crippen molar-refractivity contribution in [3.8, 4) is 0 Å². The third-order valence-electron chi connectivity index (χ3n) is 5.64. The molecule has 0 radical (unpaired) electrons. The molecule has 6 nitrogen and oxygen atoms in total. The van der Waals surface area contributed by atoms with Gasteiger partial charge in [-0.05, 0) is 35.4 Å². The number of amides is 2. The van der Waals surface area contributed by atoms with Gasteiger partial charge in [-0.25, -0.2) is 0 Å². The molecule has 0 saturated heterocycles. The highest BCUT2D eigenvalue weighted by Crippen LogP contribution is 2.52. The van der Waals surface area contributed by atoms with Crippen LogP contribution in [0.5, 0.6) is 0 Å². The average molecular weight is 463 g/mol. The molecule has 168 valence electrons. The number of Topliss-reactive ketones (excluding diaryl/α,β-unsaturated/α-hetero) is 1. The molecule has 0 fully saturated rings. The van der Waals surface area contributed by atoms with Crippen molar-refractivity contribution in [2.24, 2.45) is 5.41 Å². The number of aromatic nitrogens is 1. The van der Waals surface area contributed by atoms with Crippen LogP contribution in [-0.4, -0.2) is 39.2 Å². The summed E-state index contributed by atoms with van der Waals surface area (Å²) in [6, 6.07) is 7.76. The molecular formula is C22H20F3N3O3S. The second-order valence-corrected chi connectivity index (χ2v) is 9.60. The standard InChI is InChI=1S/C22H20F3N3O3S/c1-20(2)10-14-17(15(29)11-20)21(22(23,24)25,27-18(30)16-7-5-9-32-16)19(31)28(14)12-13-6-3-4-8-26-13/h3-9H,10-12H2,1-2H3,(H,27,30)/t21-/m1/s1. The zero-order valence-corrected chi connectivity index (χ0v) is 18.1. The fraction of sp³-hybridized carbons (Fsp3) is 0.364. The van der Waals surface area contributed by atoms with E-state index >= 15 is 0 Å². The minimum Gasteiger partial charge on any atom is -0.326 e. The Morgan fingerprint density at radius 3 is 2.53 bits per heavy atom. The molecule has 1 atom stereocenters. The number of carbonyl (C=O) groups excluding carboxylic acids is 3. The van der Waals surface area contributed by atoms with E-state index < -0.39 is 40.3 Å². The fourth-order valence-corrected chi connectivity index (χ4v) is 4.91. The molecule has 0 bridgehead atoms. The zero-order valence-electron chi connectivity index (χ0n) is 17.3. The van der Waals surface area contributed by atoms with Gasteiger partial charge in [0.2, 0.25) is 5.54 Å². The third kappa shape index (κ3) is 3.52. The number of rotatable bonds is 4. The molecule has 0 saturated carbocycles. The lowest BCUT2D eigenvalue weighted by Crippen LogP contribution is -2.66. The quantitative estimate of drug-likeness (QED) is 0.747. The van der Waals surface area contributed by atoms with Gasteiger partial charge < -0.3 is 10.2 Å². The van der Waals surface area contributed by atoms with E-state index in [0.717, 1.165) is 16.2 Å². The number of hydrogen-bond acceptors (Lipinski definition) is 5. The van der Waals surface area contributed by atoms with Gasteiger partial charge in [-0.3, -0.25) is 19.4 Å². The van der Waals surface area contributed by atoms with Crippen LogP contribution in [0.25, 0.3) is 0 Å². The van der Waals surface area contributed by atoms with Crippen LogP contribution in [0.2, 0.25) is 0 Å². The Hall–Kier alpha value is -3.01. The molecule has 3 heterocycles. The van der Waals surface area contributed by atoms with Crippen molar-refractivity contribution in [2.45, 2.75) is 44.9 Å². The monoisotopic (exact) mass is 463 g/mol. The number of nitrogens with one attached hydrogen (secondary N) is 1. The molecule has 4 rings (SSSR count). The topological polar surface area (TPSA) is 79.4 Å². The molecule has 1 aliphatic heterocycles. The summed E-state index contributed by atoms with van der Waals surface area (Å²) in [5, 5.41) is 3.45. The van der Waals surface area contributed by atoms with Crippen LogP contribution in [0.4, 0.5) is 13.2 Å². The second kappa shape index (κ2) is 7.54. The zero-order chi connectivity index (χ0) is 23.3. The van der Waals surface area contributed by atoms with Crippen molar-refractivity contribution < 1.29 is 27.6 Å². The first-order chi connectivity index (χ1) is 15.0. The predicted molar refractivity (Wildman–Crippen MR) is 110 cm³/mol. The van der Waals surface area contributed by atoms with Crippen LogP contribution < -0.4 is 5.32 Å². The van der Waals surface area contributed by atoms with Gasteiger partial charge in [-0.2, -0.15) is 13.2 Å². The van der Waals surface area contributed by atoms with Gasteiger partial charge in [-0.15, -0.1) is 11.3 Å². The van der Waals surface area contributed by atoms with Crippen molar-refractivity contribution in [1.82, 2.24) is 15.2 Å². The summed E-state index contributed by atoms with van der Waals surface area (Å²) >= 11 is 0.943. The van der Waals surface area contributed by atoms with Crippen molar-refractivity contribution in [2.75, 3.05) is 0 Å². The van der Waals surface area contributed by atoms with Gasteiger partial charge in [0.15, 0.2) is 5.78 Å². The Bertz CT molecular complexity index is 1110. The maximum atomic E-state index is 14.7. The Kier molecular flexibility index (Phi) is 5.23. The van der Waals surface area contributed by atoms with E-state index in [4.69, 9.17) is 0 Å². The summed E-state index contributed by atoms with van der Waals surface area (Å²) in [6.45, 7) is 3.28. The number of pyridine rings is 1. The minimum atomic E-state index is -5.23. The van der Waals surface area contributed by atoms with Crippen LogP contribution in [0.1, 0.15) is 42.1 Å². The lowest BCUT2D eigenvalue weighted by Gasteiger charge is -2.35. The number of carbonyl (C=O) groups is 3. The number of allylic oxidation sites excluding steroid dienone is 1. The molecule has 2 aliphatic rings. The first kappa shape index (κ1) is 22.2. The molecule has 1 N–H and O–H groups in total. The maximum absolute atomic E-state index is 14.7. The van der Waals surface area contributed by atoms with Gasteiger partial charge in [0, 0.05) is 18.3 Å². The Morgan fingerprint density at radius 2 is 1.94 bits per heavy atom. The number of hydrogen-bond donors (Lipinski definition) is 1. The van der Waals surface area contributed by atoms with Gasteiger partial charge in [0.25, 0.3) is 11.8 Å². The van der Waals surface area contributed by atoms with E-state index in [1.54, 1.807) is 32.0 Å². The summed E-state index contributed by atoms with van der Waals surface area (Å²) in [6.07, 6.45) is -3.84. The van der Waals surface area contributed by atoms with Gasteiger partial charge in [-0.1, -0.05) is 26.0 Å². The molecule has 0 unspecified atom stereocenters. The average Bonchev–Trinajstić information content (AvgIpc) is 3.30. The molecule has 1 aliphatic carbocycles. The summed E-state index contributed by atoms with van der Waals surface area (Å²) in [5.74, 6) is -3.25. The summed E-state index contributed by atoms with van der Waals surface area (Å²) in [4.78, 5) is 44.3. The number of ketones is 1. The van der Waals surface area contributed by atoms with Crippen LogP contribution in [0.3, 0.4) is 0 Å². The van der Waals surface area contributed by atoms with Gasteiger partial charge >= 0.3 is 6.18 Å². The third-order valence-corrected chi connectivity index (χ3v) is 6.51. The van der Waals surface area contributed by atoms with Gasteiger partial charge in [0.1, 0.15) is 0 Å². The molecule has 0 spiro atoms. The summed E-state index contributed by atoms with van der Waals surface area (Å²) < 4.78 is 44.0. The molecule has 2 aromatic rings. The van der Waals surface area contributed by atoms with E-state index in [0.29, 0.717) is 5.69 Å². The second-order valence-electron chi connectivity index (χ2n) is 8.65. The number of halogens is 3. The van der Waals surface area contributed by atoms with Crippen molar-refractivity contribution in [3.05, 3.63) is 63.7 Å². The normalized spacial score (nSPS) is 22.8. The van der Waals surface area contributed by atoms with Crippen molar-refractivity contribution >= 4 is 28.9 Å². The Morgan fingerprint density at radius 1 is 1.19 bits per heavy atom. The first-order valence-electron chi connectivity index (χ1n) is 9.88. The largest absolute Gasteiger partial charge is 0.425 e. The SMILES string of the molecule is CC1(C)CC(=O)C2=C(C1)N(Cc1ccccn1)C(=O)[C@@]2(NC(=O)c1cccs1)C(F)(F)F. The van der Waals surface area contributed by atoms with E-state index in [1.165, 1.54) is 23.7 Å². The first-order valence-corrected chi connectivity index (χ1v) is 10.8. The summed E-state index contributed by atoms with van der Waals surface area (Å²) in [7, 11) is 0. The minimum absolute atomic E-state index is 0.00860. The van der Waals surface area contributed by atoms with E-state index in [2.05, 4.69) is 4.98 Å². The molecule has 2 amide bonds. The van der Waals surface area contributed by atoms with Crippen LogP contribution in [-0.2, 0) is 16.1 Å². The lowest BCUT2D eigenvalue weighted by atomic mass is 9.72. The van der Waals surface area contributed by atoms with E-state index in [1.807, 2.05) is 5.32 Å². The number of thiophene rings is 1. The van der Waals surface area contributed by atoms with E-state index in [-0.39, 0.29) is 30.0 Å². The van der Waals surface area contributed by atoms with Crippen LogP contribution in [0, 0.1) is 5.41 Å². The lowest BCUT2D eigenvalue weighted by molar-refractivity contribution is -0.190. The Balaban J connectivity index is 1.88.